The van der Waals surface area contributed by atoms with Crippen LogP contribution < -0.4 is 4.72 Å². The summed E-state index contributed by atoms with van der Waals surface area (Å²) in [6.45, 7) is 2.48. The van der Waals surface area contributed by atoms with Gasteiger partial charge in [0.1, 0.15) is 4.90 Å². The smallest absolute Gasteiger partial charge is 0.317 e. The molecule has 0 spiro atoms. The number of aliphatic carboxylic acids is 1. The molecular formula is C18H22N4O4S. The molecule has 0 radical (unpaired) electrons. The molecule has 27 heavy (non-hydrogen) atoms. The summed E-state index contributed by atoms with van der Waals surface area (Å²) < 4.78 is 27.7. The highest BCUT2D eigenvalue weighted by Gasteiger charge is 2.36. The summed E-state index contributed by atoms with van der Waals surface area (Å²) in [5.41, 5.74) is 0.814. The molecular weight excluding hydrogens is 368 g/mol. The quantitative estimate of drug-likeness (QED) is 0.700. The van der Waals surface area contributed by atoms with Gasteiger partial charge in [-0.3, -0.25) is 9.69 Å². The lowest BCUT2D eigenvalue weighted by molar-refractivity contribution is -0.139. The number of nitrogens with zero attached hydrogens (tertiary/aromatic N) is 3. The van der Waals surface area contributed by atoms with Gasteiger partial charge < -0.3 is 5.11 Å². The van der Waals surface area contributed by atoms with Crippen LogP contribution in [0.15, 0.2) is 47.6 Å². The van der Waals surface area contributed by atoms with Gasteiger partial charge in [-0.25, -0.2) is 23.1 Å². The van der Waals surface area contributed by atoms with Crippen LogP contribution in [-0.4, -0.2) is 59.5 Å². The van der Waals surface area contributed by atoms with E-state index in [0.29, 0.717) is 25.2 Å². The molecule has 1 aliphatic carbocycles. The minimum Gasteiger partial charge on any atom is -0.480 e. The van der Waals surface area contributed by atoms with Crippen LogP contribution in [0.3, 0.4) is 0 Å². The van der Waals surface area contributed by atoms with Crippen LogP contribution in [0.25, 0.3) is 11.4 Å². The first-order valence-electron chi connectivity index (χ1n) is 8.74. The maximum atomic E-state index is 12.5. The van der Waals surface area contributed by atoms with Crippen LogP contribution in [0.4, 0.5) is 0 Å². The number of benzene rings is 1. The van der Waals surface area contributed by atoms with E-state index in [-0.39, 0.29) is 23.5 Å². The zero-order valence-corrected chi connectivity index (χ0v) is 15.8. The van der Waals surface area contributed by atoms with Crippen LogP contribution in [-0.2, 0) is 14.8 Å². The zero-order chi connectivity index (χ0) is 19.4. The second-order valence-electron chi connectivity index (χ2n) is 6.51. The summed E-state index contributed by atoms with van der Waals surface area (Å²) in [6, 6.07) is 9.18. The molecule has 1 aromatic heterocycles. The zero-order valence-electron chi connectivity index (χ0n) is 14.9. The third-order valence-corrected chi connectivity index (χ3v) is 6.14. The number of aromatic nitrogens is 2. The van der Waals surface area contributed by atoms with Crippen molar-refractivity contribution in [1.82, 2.24) is 19.6 Å². The Bertz CT molecular complexity index is 881. The third kappa shape index (κ3) is 4.68. The average molecular weight is 390 g/mol. The van der Waals surface area contributed by atoms with E-state index in [4.69, 9.17) is 5.11 Å². The molecule has 9 heteroatoms. The fourth-order valence-electron chi connectivity index (χ4n) is 3.13. The number of likely N-dealkylation sites (N-methyl/N-ethyl adjacent to an activating group) is 1. The molecule has 0 amide bonds. The van der Waals surface area contributed by atoms with Gasteiger partial charge >= 0.3 is 5.97 Å². The number of carboxylic acid groups (broad SMARTS) is 1. The van der Waals surface area contributed by atoms with Crippen LogP contribution in [0.5, 0.6) is 0 Å². The Morgan fingerprint density at radius 3 is 2.41 bits per heavy atom. The Hall–Kier alpha value is -2.36. The molecule has 2 aromatic rings. The summed E-state index contributed by atoms with van der Waals surface area (Å²) in [5.74, 6) is -0.415. The number of carboxylic acids is 1. The number of hydrogen-bond acceptors (Lipinski definition) is 6. The third-order valence-electron chi connectivity index (χ3n) is 4.67. The molecule has 1 aliphatic rings. The molecule has 0 atom stereocenters. The first-order chi connectivity index (χ1) is 12.9. The summed E-state index contributed by atoms with van der Waals surface area (Å²) in [5, 5.41) is 8.92. The van der Waals surface area contributed by atoms with Crippen molar-refractivity contribution in [3.63, 3.8) is 0 Å². The first-order valence-corrected chi connectivity index (χ1v) is 10.2. The maximum Gasteiger partial charge on any atom is 0.317 e. The minimum absolute atomic E-state index is 0.0171. The molecule has 0 saturated heterocycles. The van der Waals surface area contributed by atoms with Crippen molar-refractivity contribution >= 4 is 16.0 Å². The molecule has 2 N–H and O–H groups in total. The van der Waals surface area contributed by atoms with Gasteiger partial charge in [0.05, 0.1) is 18.9 Å². The molecule has 3 rings (SSSR count). The van der Waals surface area contributed by atoms with Crippen molar-refractivity contribution in [1.29, 1.82) is 0 Å². The van der Waals surface area contributed by atoms with Gasteiger partial charge in [0.2, 0.25) is 10.0 Å². The lowest BCUT2D eigenvalue weighted by Gasteiger charge is -2.42. The summed E-state index contributed by atoms with van der Waals surface area (Å²) >= 11 is 0. The molecule has 0 bridgehead atoms. The van der Waals surface area contributed by atoms with E-state index >= 15 is 0 Å². The van der Waals surface area contributed by atoms with Gasteiger partial charge in [-0.15, -0.1) is 0 Å². The van der Waals surface area contributed by atoms with Crippen molar-refractivity contribution in [3.8, 4) is 11.4 Å². The van der Waals surface area contributed by atoms with E-state index in [1.54, 1.807) is 0 Å². The lowest BCUT2D eigenvalue weighted by Crippen LogP contribution is -2.54. The van der Waals surface area contributed by atoms with E-state index in [1.165, 1.54) is 12.4 Å². The Kier molecular flexibility index (Phi) is 5.83. The summed E-state index contributed by atoms with van der Waals surface area (Å²) in [6.07, 6.45) is 3.78. The van der Waals surface area contributed by atoms with Gasteiger partial charge in [0, 0.05) is 17.6 Å². The van der Waals surface area contributed by atoms with Gasteiger partial charge in [0.25, 0.3) is 0 Å². The largest absolute Gasteiger partial charge is 0.480 e. The topological polar surface area (TPSA) is 112 Å². The summed E-state index contributed by atoms with van der Waals surface area (Å²) in [4.78, 5) is 21.0. The molecule has 1 saturated carbocycles. The van der Waals surface area contributed by atoms with E-state index in [9.17, 15) is 13.2 Å². The van der Waals surface area contributed by atoms with Crippen LogP contribution in [0.2, 0.25) is 0 Å². The van der Waals surface area contributed by atoms with Gasteiger partial charge in [0.15, 0.2) is 5.82 Å². The highest BCUT2D eigenvalue weighted by atomic mass is 32.2. The Morgan fingerprint density at radius 2 is 1.85 bits per heavy atom. The van der Waals surface area contributed by atoms with E-state index < -0.39 is 16.0 Å². The highest BCUT2D eigenvalue weighted by Crippen LogP contribution is 2.27. The molecule has 1 aromatic carbocycles. The van der Waals surface area contributed by atoms with Crippen LogP contribution >= 0.6 is 0 Å². The predicted molar refractivity (Wildman–Crippen MR) is 99.5 cm³/mol. The SMILES string of the molecule is CCN(CC(=O)O)C1CC(NS(=O)(=O)c2cnc(-c3ccccc3)nc2)C1. The Labute approximate surface area is 158 Å². The van der Waals surface area contributed by atoms with E-state index in [0.717, 1.165) is 5.56 Å². The lowest BCUT2D eigenvalue weighted by atomic mass is 9.86. The second-order valence-corrected chi connectivity index (χ2v) is 8.22. The summed E-state index contributed by atoms with van der Waals surface area (Å²) in [7, 11) is -3.71. The van der Waals surface area contributed by atoms with Crippen molar-refractivity contribution in [2.45, 2.75) is 36.7 Å². The maximum absolute atomic E-state index is 12.5. The Morgan fingerprint density at radius 1 is 1.22 bits per heavy atom. The molecule has 1 fully saturated rings. The fraction of sp³-hybridized carbons (Fsp3) is 0.389. The molecule has 0 aliphatic heterocycles. The van der Waals surface area contributed by atoms with Crippen molar-refractivity contribution in [2.75, 3.05) is 13.1 Å². The van der Waals surface area contributed by atoms with Crippen molar-refractivity contribution in [3.05, 3.63) is 42.7 Å². The monoisotopic (exact) mass is 390 g/mol. The average Bonchev–Trinajstić information content (AvgIpc) is 2.63. The van der Waals surface area contributed by atoms with E-state index in [1.807, 2.05) is 42.2 Å². The molecule has 8 nitrogen and oxygen atoms in total. The van der Waals surface area contributed by atoms with Gasteiger partial charge in [-0.2, -0.15) is 0 Å². The fourth-order valence-corrected chi connectivity index (χ4v) is 4.28. The first kappa shape index (κ1) is 19.4. The van der Waals surface area contributed by atoms with Crippen molar-refractivity contribution in [2.24, 2.45) is 0 Å². The predicted octanol–water partition coefficient (Wildman–Crippen LogP) is 1.36. The van der Waals surface area contributed by atoms with Gasteiger partial charge in [-0.1, -0.05) is 37.3 Å². The standard InChI is InChI=1S/C18H22N4O4S/c1-2-22(12-17(23)24)15-8-14(9-15)21-27(25,26)16-10-19-18(20-11-16)13-6-4-3-5-7-13/h3-7,10-11,14-15,21H,2,8-9,12H2,1H3,(H,23,24). The van der Waals surface area contributed by atoms with E-state index in [2.05, 4.69) is 14.7 Å². The number of carbonyl (C=O) groups is 1. The number of sulfonamides is 1. The molecule has 0 unspecified atom stereocenters. The normalized spacial score (nSPS) is 19.6. The highest BCUT2D eigenvalue weighted by molar-refractivity contribution is 7.89. The number of rotatable bonds is 8. The number of hydrogen-bond donors (Lipinski definition) is 2. The molecule has 144 valence electrons. The van der Waals surface area contributed by atoms with Crippen molar-refractivity contribution < 1.29 is 18.3 Å². The number of nitrogens with one attached hydrogen (secondary N) is 1. The molecule has 1 heterocycles. The second kappa shape index (κ2) is 8.12. The van der Waals surface area contributed by atoms with Crippen LogP contribution in [0, 0.1) is 0 Å². The Balaban J connectivity index is 1.60. The minimum atomic E-state index is -3.71. The van der Waals surface area contributed by atoms with Crippen LogP contribution in [0.1, 0.15) is 19.8 Å². The van der Waals surface area contributed by atoms with Gasteiger partial charge in [-0.05, 0) is 19.4 Å².